The molecule has 0 aromatic heterocycles. The first kappa shape index (κ1) is 19.7. The molecule has 2 aromatic carbocycles. The van der Waals surface area contributed by atoms with Crippen molar-refractivity contribution in [2.75, 3.05) is 20.2 Å². The number of hydrogen-bond acceptors (Lipinski definition) is 4. The average Bonchev–Trinajstić information content (AvgIpc) is 2.72. The summed E-state index contributed by atoms with van der Waals surface area (Å²) in [5, 5.41) is 6.88. The molecule has 6 heteroatoms. The van der Waals surface area contributed by atoms with Crippen LogP contribution in [0.4, 0.5) is 0 Å². The van der Waals surface area contributed by atoms with Crippen LogP contribution >= 0.6 is 11.6 Å². The molecule has 0 saturated carbocycles. The lowest BCUT2D eigenvalue weighted by Gasteiger charge is -2.34. The second-order valence-electron chi connectivity index (χ2n) is 6.62. The molecule has 1 aliphatic rings. The van der Waals surface area contributed by atoms with Gasteiger partial charge >= 0.3 is 0 Å². The fourth-order valence-electron chi connectivity index (χ4n) is 3.28. The summed E-state index contributed by atoms with van der Waals surface area (Å²) < 4.78 is 11.4. The van der Waals surface area contributed by atoms with Crippen LogP contribution in [0.3, 0.4) is 0 Å². The van der Waals surface area contributed by atoms with Crippen LogP contribution in [0, 0.1) is 0 Å². The van der Waals surface area contributed by atoms with E-state index in [1.165, 1.54) is 0 Å². The van der Waals surface area contributed by atoms with Crippen molar-refractivity contribution >= 4 is 17.5 Å². The van der Waals surface area contributed by atoms with Gasteiger partial charge in [-0.05, 0) is 49.2 Å². The highest BCUT2D eigenvalue weighted by Crippen LogP contribution is 2.25. The van der Waals surface area contributed by atoms with Crippen LogP contribution in [0.5, 0.6) is 5.75 Å². The van der Waals surface area contributed by atoms with Crippen LogP contribution in [0.25, 0.3) is 0 Å². The van der Waals surface area contributed by atoms with Gasteiger partial charge in [0.25, 0.3) is 5.91 Å². The molecule has 0 bridgehead atoms. The molecule has 1 fully saturated rings. The number of ether oxygens (including phenoxy) is 2. The van der Waals surface area contributed by atoms with E-state index in [1.807, 2.05) is 42.5 Å². The Labute approximate surface area is 165 Å². The number of carbonyl (C=O) groups is 1. The van der Waals surface area contributed by atoms with Gasteiger partial charge in [-0.3, -0.25) is 4.79 Å². The van der Waals surface area contributed by atoms with Gasteiger partial charge in [0.05, 0.1) is 5.02 Å². The molecule has 1 aliphatic heterocycles. The molecule has 0 aliphatic carbocycles. The number of carbonyl (C=O) groups excluding carboxylic acids is 1. The zero-order valence-corrected chi connectivity index (χ0v) is 16.2. The summed E-state index contributed by atoms with van der Waals surface area (Å²) in [5.41, 5.74) is 1.28. The largest absolute Gasteiger partial charge is 0.487 e. The number of nitrogens with one attached hydrogen (secondary N) is 2. The van der Waals surface area contributed by atoms with Gasteiger partial charge in [-0.2, -0.15) is 0 Å². The average molecular weight is 389 g/mol. The number of hydrogen-bond donors (Lipinski definition) is 2. The lowest BCUT2D eigenvalue weighted by Crippen LogP contribution is -2.54. The molecular weight excluding hydrogens is 364 g/mol. The minimum Gasteiger partial charge on any atom is -0.487 e. The molecule has 2 aromatic rings. The quantitative estimate of drug-likeness (QED) is 0.764. The lowest BCUT2D eigenvalue weighted by atomic mass is 9.91. The van der Waals surface area contributed by atoms with Crippen molar-refractivity contribution in [3.63, 3.8) is 0 Å². The summed E-state index contributed by atoms with van der Waals surface area (Å²) in [6.45, 7) is 2.38. The molecule has 27 heavy (non-hydrogen) atoms. The fourth-order valence-corrected chi connectivity index (χ4v) is 3.47. The van der Waals surface area contributed by atoms with Crippen molar-refractivity contribution < 1.29 is 14.3 Å². The lowest BCUT2D eigenvalue weighted by molar-refractivity contribution is -0.146. The van der Waals surface area contributed by atoms with Gasteiger partial charge in [0.1, 0.15) is 18.0 Å². The van der Waals surface area contributed by atoms with E-state index in [4.69, 9.17) is 21.1 Å². The van der Waals surface area contributed by atoms with Crippen LogP contribution in [0.15, 0.2) is 48.5 Å². The number of halogens is 1. The first-order chi connectivity index (χ1) is 13.1. The third-order valence-electron chi connectivity index (χ3n) is 4.99. The van der Waals surface area contributed by atoms with Gasteiger partial charge in [-0.15, -0.1) is 0 Å². The second kappa shape index (κ2) is 9.22. The molecule has 1 heterocycles. The van der Waals surface area contributed by atoms with Crippen LogP contribution < -0.4 is 15.4 Å². The SMILES string of the molecule is COC1(C(=O)NCc2ccccc2COc2ccccc2Cl)CCNCC1. The fraction of sp³-hybridized carbons (Fsp3) is 0.381. The van der Waals surface area contributed by atoms with Crippen LogP contribution in [0.2, 0.25) is 5.02 Å². The third kappa shape index (κ3) is 4.80. The summed E-state index contributed by atoms with van der Waals surface area (Å²) in [7, 11) is 1.61. The van der Waals surface area contributed by atoms with Crippen LogP contribution in [-0.4, -0.2) is 31.7 Å². The maximum atomic E-state index is 12.7. The van der Waals surface area contributed by atoms with E-state index in [-0.39, 0.29) is 5.91 Å². The van der Waals surface area contributed by atoms with Crippen LogP contribution in [0.1, 0.15) is 24.0 Å². The Hall–Kier alpha value is -2.08. The smallest absolute Gasteiger partial charge is 0.252 e. The molecule has 0 radical (unpaired) electrons. The Morgan fingerprint density at radius 2 is 1.78 bits per heavy atom. The molecule has 3 rings (SSSR count). The normalized spacial score (nSPS) is 15.9. The van der Waals surface area contributed by atoms with Gasteiger partial charge in [0.15, 0.2) is 0 Å². The molecule has 1 amide bonds. The zero-order chi connectivity index (χ0) is 19.1. The molecule has 0 spiro atoms. The van der Waals surface area contributed by atoms with Crippen molar-refractivity contribution in [2.45, 2.75) is 31.6 Å². The summed E-state index contributed by atoms with van der Waals surface area (Å²) >= 11 is 6.15. The Bertz CT molecular complexity index is 776. The molecular formula is C21H25ClN2O3. The van der Waals surface area contributed by atoms with E-state index >= 15 is 0 Å². The standard InChI is InChI=1S/C21H25ClN2O3/c1-26-21(10-12-23-13-11-21)20(25)24-14-16-6-2-3-7-17(16)15-27-19-9-5-4-8-18(19)22/h2-9,23H,10-15H2,1H3,(H,24,25). The van der Waals surface area contributed by atoms with E-state index < -0.39 is 5.60 Å². The number of benzene rings is 2. The van der Waals surface area contributed by atoms with E-state index in [2.05, 4.69) is 10.6 Å². The minimum absolute atomic E-state index is 0.0617. The van der Waals surface area contributed by atoms with E-state index in [9.17, 15) is 4.79 Å². The Kier molecular flexibility index (Phi) is 6.72. The third-order valence-corrected chi connectivity index (χ3v) is 5.31. The number of para-hydroxylation sites is 1. The minimum atomic E-state index is -0.742. The van der Waals surface area contributed by atoms with Gasteiger partial charge < -0.3 is 20.1 Å². The molecule has 0 unspecified atom stereocenters. The molecule has 2 N–H and O–H groups in total. The highest BCUT2D eigenvalue weighted by molar-refractivity contribution is 6.32. The summed E-state index contributed by atoms with van der Waals surface area (Å²) in [5.74, 6) is 0.583. The maximum absolute atomic E-state index is 12.7. The Balaban J connectivity index is 1.64. The number of methoxy groups -OCH3 is 1. The van der Waals surface area contributed by atoms with Crippen molar-refractivity contribution in [3.05, 3.63) is 64.7 Å². The van der Waals surface area contributed by atoms with Crippen molar-refractivity contribution in [1.82, 2.24) is 10.6 Å². The highest BCUT2D eigenvalue weighted by Gasteiger charge is 2.39. The number of rotatable bonds is 7. The molecule has 0 atom stereocenters. The predicted octanol–water partition coefficient (Wildman–Crippen LogP) is 3.30. The first-order valence-electron chi connectivity index (χ1n) is 9.13. The van der Waals surface area contributed by atoms with E-state index in [0.717, 1.165) is 24.2 Å². The van der Waals surface area contributed by atoms with Gasteiger partial charge in [-0.1, -0.05) is 48.0 Å². The number of piperidine rings is 1. The van der Waals surface area contributed by atoms with Crippen LogP contribution in [-0.2, 0) is 22.7 Å². The van der Waals surface area contributed by atoms with E-state index in [0.29, 0.717) is 36.8 Å². The topological polar surface area (TPSA) is 59.6 Å². The predicted molar refractivity (Wildman–Crippen MR) is 106 cm³/mol. The van der Waals surface area contributed by atoms with Gasteiger partial charge in [0.2, 0.25) is 0 Å². The first-order valence-corrected chi connectivity index (χ1v) is 9.51. The Morgan fingerprint density at radius 3 is 2.48 bits per heavy atom. The van der Waals surface area contributed by atoms with Gasteiger partial charge in [-0.25, -0.2) is 0 Å². The Morgan fingerprint density at radius 1 is 1.11 bits per heavy atom. The molecule has 144 valence electrons. The second-order valence-corrected chi connectivity index (χ2v) is 7.03. The zero-order valence-electron chi connectivity index (χ0n) is 15.5. The summed E-state index contributed by atoms with van der Waals surface area (Å²) in [6, 6.07) is 15.3. The molecule has 5 nitrogen and oxygen atoms in total. The van der Waals surface area contributed by atoms with Crippen molar-refractivity contribution in [3.8, 4) is 5.75 Å². The van der Waals surface area contributed by atoms with Crippen molar-refractivity contribution in [2.24, 2.45) is 0 Å². The molecule has 1 saturated heterocycles. The summed E-state index contributed by atoms with van der Waals surface area (Å²) in [6.07, 6.45) is 1.35. The summed E-state index contributed by atoms with van der Waals surface area (Å²) in [4.78, 5) is 12.7. The van der Waals surface area contributed by atoms with Gasteiger partial charge in [0, 0.05) is 13.7 Å². The highest BCUT2D eigenvalue weighted by atomic mass is 35.5. The number of amides is 1. The van der Waals surface area contributed by atoms with Crippen molar-refractivity contribution in [1.29, 1.82) is 0 Å². The van der Waals surface area contributed by atoms with E-state index in [1.54, 1.807) is 13.2 Å². The monoisotopic (exact) mass is 388 g/mol. The maximum Gasteiger partial charge on any atom is 0.252 e.